The van der Waals surface area contributed by atoms with Gasteiger partial charge in [-0.05, 0) is 59.9 Å². The summed E-state index contributed by atoms with van der Waals surface area (Å²) < 4.78 is 6.26. The Morgan fingerprint density at radius 3 is 3.06 bits per heavy atom. The summed E-state index contributed by atoms with van der Waals surface area (Å²) in [4.78, 5) is 0. The van der Waals surface area contributed by atoms with E-state index in [2.05, 4.69) is 26.6 Å². The molecule has 1 heterocycles. The Hall–Kier alpha value is -0.450. The van der Waals surface area contributed by atoms with Gasteiger partial charge in [0.25, 0.3) is 0 Å². The molecule has 1 fully saturated rings. The van der Waals surface area contributed by atoms with E-state index in [9.17, 15) is 0 Å². The minimum atomic E-state index is 0.668. The van der Waals surface area contributed by atoms with Gasteiger partial charge >= 0.3 is 0 Å². The van der Waals surface area contributed by atoms with Gasteiger partial charge in [0.15, 0.2) is 5.75 Å². The maximum absolute atomic E-state index is 6.06. The van der Waals surface area contributed by atoms with Gasteiger partial charge in [-0.3, -0.25) is 0 Å². The van der Waals surface area contributed by atoms with Crippen molar-refractivity contribution in [1.29, 1.82) is 0 Å². The van der Waals surface area contributed by atoms with E-state index in [1.807, 2.05) is 12.1 Å². The molecule has 1 saturated heterocycles. The van der Waals surface area contributed by atoms with Crippen LogP contribution in [0.3, 0.4) is 0 Å². The molecule has 1 atom stereocenters. The Labute approximate surface area is 121 Å². The lowest BCUT2D eigenvalue weighted by atomic mass is 10.00. The molecule has 0 aliphatic carbocycles. The number of nitrogens with one attached hydrogen (secondary N) is 2. The van der Waals surface area contributed by atoms with Gasteiger partial charge in [-0.2, -0.15) is 0 Å². The van der Waals surface area contributed by atoms with E-state index >= 15 is 0 Å². The Morgan fingerprint density at radius 1 is 1.56 bits per heavy atom. The first-order chi connectivity index (χ1) is 8.70. The van der Waals surface area contributed by atoms with Gasteiger partial charge in [-0.25, -0.2) is 0 Å². The molecule has 0 spiro atoms. The average molecular weight is 334 g/mol. The summed E-state index contributed by atoms with van der Waals surface area (Å²) in [5.41, 5.74) is 0.947. The van der Waals surface area contributed by atoms with Crippen molar-refractivity contribution in [2.75, 3.05) is 32.1 Å². The SMILES string of the molecule is COc1c(Br)cc(Cl)cc1NCC1CCCNC1. The maximum Gasteiger partial charge on any atom is 0.156 e. The summed E-state index contributed by atoms with van der Waals surface area (Å²) >= 11 is 9.53. The van der Waals surface area contributed by atoms with Crippen molar-refractivity contribution in [3.63, 3.8) is 0 Å². The number of hydrogen-bond acceptors (Lipinski definition) is 3. The van der Waals surface area contributed by atoms with Gasteiger partial charge in [-0.1, -0.05) is 11.6 Å². The fraction of sp³-hybridized carbons (Fsp3) is 0.538. The molecule has 1 unspecified atom stereocenters. The second-order valence-corrected chi connectivity index (χ2v) is 5.85. The van der Waals surface area contributed by atoms with E-state index in [4.69, 9.17) is 16.3 Å². The highest BCUT2D eigenvalue weighted by Crippen LogP contribution is 2.36. The Balaban J connectivity index is 2.03. The topological polar surface area (TPSA) is 33.3 Å². The molecule has 0 radical (unpaired) electrons. The van der Waals surface area contributed by atoms with Crippen molar-refractivity contribution in [2.45, 2.75) is 12.8 Å². The summed E-state index contributed by atoms with van der Waals surface area (Å²) in [6.07, 6.45) is 2.52. The zero-order valence-corrected chi connectivity index (χ0v) is 12.8. The molecule has 1 aliphatic heterocycles. The number of hydrogen-bond donors (Lipinski definition) is 2. The zero-order chi connectivity index (χ0) is 13.0. The van der Waals surface area contributed by atoms with Crippen LogP contribution in [0, 0.1) is 5.92 Å². The maximum atomic E-state index is 6.06. The molecule has 1 aromatic carbocycles. The molecule has 2 rings (SSSR count). The van der Waals surface area contributed by atoms with Crippen molar-refractivity contribution in [2.24, 2.45) is 5.92 Å². The molecule has 3 nitrogen and oxygen atoms in total. The second kappa shape index (κ2) is 6.64. The van der Waals surface area contributed by atoms with E-state index in [0.717, 1.165) is 35.5 Å². The van der Waals surface area contributed by atoms with Crippen molar-refractivity contribution >= 4 is 33.2 Å². The first-order valence-corrected chi connectivity index (χ1v) is 7.35. The van der Waals surface area contributed by atoms with Gasteiger partial charge in [0.05, 0.1) is 17.3 Å². The van der Waals surface area contributed by atoms with Crippen LogP contribution in [-0.2, 0) is 0 Å². The molecule has 2 N–H and O–H groups in total. The molecule has 0 aromatic heterocycles. The van der Waals surface area contributed by atoms with E-state index in [1.54, 1.807) is 7.11 Å². The summed E-state index contributed by atoms with van der Waals surface area (Å²) in [7, 11) is 1.67. The van der Waals surface area contributed by atoms with Gasteiger partial charge in [0, 0.05) is 11.6 Å². The number of benzene rings is 1. The molecule has 100 valence electrons. The average Bonchev–Trinajstić information content (AvgIpc) is 2.37. The van der Waals surface area contributed by atoms with Crippen LogP contribution < -0.4 is 15.4 Å². The third-order valence-electron chi connectivity index (χ3n) is 3.19. The Bertz CT molecular complexity index is 408. The lowest BCUT2D eigenvalue weighted by Gasteiger charge is -2.24. The standard InChI is InChI=1S/C13H18BrClN2O/c1-18-13-11(14)5-10(15)6-12(13)17-8-9-3-2-4-16-7-9/h5-6,9,16-17H,2-4,7-8H2,1H3. The molecule has 0 bridgehead atoms. The highest BCUT2D eigenvalue weighted by atomic mass is 79.9. The largest absolute Gasteiger partial charge is 0.493 e. The molecule has 0 saturated carbocycles. The minimum absolute atomic E-state index is 0.668. The van der Waals surface area contributed by atoms with Crippen LogP contribution in [0.5, 0.6) is 5.75 Å². The fourth-order valence-electron chi connectivity index (χ4n) is 2.25. The predicted molar refractivity (Wildman–Crippen MR) is 79.8 cm³/mol. The smallest absolute Gasteiger partial charge is 0.156 e. The van der Waals surface area contributed by atoms with Crippen molar-refractivity contribution in [3.8, 4) is 5.75 Å². The monoisotopic (exact) mass is 332 g/mol. The zero-order valence-electron chi connectivity index (χ0n) is 10.4. The van der Waals surface area contributed by atoms with Crippen LogP contribution in [0.2, 0.25) is 5.02 Å². The highest BCUT2D eigenvalue weighted by Gasteiger charge is 2.14. The highest BCUT2D eigenvalue weighted by molar-refractivity contribution is 9.10. The molecule has 18 heavy (non-hydrogen) atoms. The van der Waals surface area contributed by atoms with Gasteiger partial charge in [0.1, 0.15) is 0 Å². The number of ether oxygens (including phenoxy) is 1. The van der Waals surface area contributed by atoms with Crippen molar-refractivity contribution in [1.82, 2.24) is 5.32 Å². The van der Waals surface area contributed by atoms with Crippen LogP contribution in [0.25, 0.3) is 0 Å². The molecule has 5 heteroatoms. The second-order valence-electron chi connectivity index (χ2n) is 4.56. The van der Waals surface area contributed by atoms with Gasteiger partial charge in [0.2, 0.25) is 0 Å². The van der Waals surface area contributed by atoms with E-state index in [1.165, 1.54) is 12.8 Å². The van der Waals surface area contributed by atoms with Gasteiger partial charge < -0.3 is 15.4 Å². The fourth-order valence-corrected chi connectivity index (χ4v) is 3.22. The normalized spacial score (nSPS) is 19.6. The van der Waals surface area contributed by atoms with Crippen LogP contribution in [0.4, 0.5) is 5.69 Å². The lowest BCUT2D eigenvalue weighted by Crippen LogP contribution is -2.33. The molecule has 1 aromatic rings. The van der Waals surface area contributed by atoms with Crippen LogP contribution in [0.15, 0.2) is 16.6 Å². The number of methoxy groups -OCH3 is 1. The molecular weight excluding hydrogens is 316 g/mol. The number of piperidine rings is 1. The molecular formula is C13H18BrClN2O. The summed E-state index contributed by atoms with van der Waals surface area (Å²) in [5, 5.41) is 7.55. The molecule has 0 amide bonds. The van der Waals surface area contributed by atoms with Crippen LogP contribution >= 0.6 is 27.5 Å². The third-order valence-corrected chi connectivity index (χ3v) is 4.00. The predicted octanol–water partition coefficient (Wildman–Crippen LogP) is 3.52. The van der Waals surface area contributed by atoms with E-state index in [-0.39, 0.29) is 0 Å². The van der Waals surface area contributed by atoms with Crippen molar-refractivity contribution < 1.29 is 4.74 Å². The Morgan fingerprint density at radius 2 is 2.39 bits per heavy atom. The summed E-state index contributed by atoms with van der Waals surface area (Å²) in [6.45, 7) is 3.16. The number of halogens is 2. The number of rotatable bonds is 4. The molecule has 1 aliphatic rings. The van der Waals surface area contributed by atoms with E-state index < -0.39 is 0 Å². The first kappa shape index (κ1) is 14.0. The van der Waals surface area contributed by atoms with Crippen LogP contribution in [-0.4, -0.2) is 26.7 Å². The quantitative estimate of drug-likeness (QED) is 0.884. The van der Waals surface area contributed by atoms with Crippen molar-refractivity contribution in [3.05, 3.63) is 21.6 Å². The first-order valence-electron chi connectivity index (χ1n) is 6.18. The van der Waals surface area contributed by atoms with Gasteiger partial charge in [-0.15, -0.1) is 0 Å². The summed E-state index contributed by atoms with van der Waals surface area (Å²) in [6, 6.07) is 3.75. The van der Waals surface area contributed by atoms with Crippen LogP contribution in [0.1, 0.15) is 12.8 Å². The van der Waals surface area contributed by atoms with E-state index in [0.29, 0.717) is 10.9 Å². The number of anilines is 1. The summed E-state index contributed by atoms with van der Waals surface area (Å²) in [5.74, 6) is 1.48. The third kappa shape index (κ3) is 3.53. The Kier molecular flexibility index (Phi) is 5.15. The lowest BCUT2D eigenvalue weighted by molar-refractivity contribution is 0.390. The minimum Gasteiger partial charge on any atom is -0.493 e.